The van der Waals surface area contributed by atoms with Gasteiger partial charge in [-0.2, -0.15) is 0 Å². The Hall–Kier alpha value is -3.20. The van der Waals surface area contributed by atoms with E-state index >= 15 is 0 Å². The van der Waals surface area contributed by atoms with Gasteiger partial charge in [-0.3, -0.25) is 9.59 Å². The highest BCUT2D eigenvalue weighted by Crippen LogP contribution is 2.17. The average molecular weight is 428 g/mol. The van der Waals surface area contributed by atoms with Gasteiger partial charge in [0.2, 0.25) is 11.8 Å². The largest absolute Gasteiger partial charge is 0.326 e. The van der Waals surface area contributed by atoms with Crippen LogP contribution < -0.4 is 10.6 Å². The fourth-order valence-corrected chi connectivity index (χ4v) is 3.36. The summed E-state index contributed by atoms with van der Waals surface area (Å²) < 4.78 is 14.7. The second-order valence-electron chi connectivity index (χ2n) is 6.72. The molecule has 0 aliphatic heterocycles. The number of hydrogen-bond acceptors (Lipinski definition) is 5. The molecule has 0 atom stereocenters. The second kappa shape index (κ2) is 10.0. The molecule has 0 fully saturated rings. The van der Waals surface area contributed by atoms with E-state index in [4.69, 9.17) is 0 Å². The summed E-state index contributed by atoms with van der Waals surface area (Å²) in [6, 6.07) is 13.2. The molecule has 1 aromatic heterocycles. The van der Waals surface area contributed by atoms with Crippen LogP contribution in [0, 0.1) is 12.7 Å². The lowest BCUT2D eigenvalue weighted by atomic mass is 10.2. The van der Waals surface area contributed by atoms with E-state index in [-0.39, 0.29) is 29.8 Å². The molecule has 0 saturated carbocycles. The Labute approximate surface area is 178 Å². The molecule has 7 nitrogen and oxygen atoms in total. The monoisotopic (exact) mass is 427 g/mol. The van der Waals surface area contributed by atoms with Crippen LogP contribution in [0.4, 0.5) is 15.8 Å². The Balaban J connectivity index is 1.46. The maximum atomic E-state index is 12.9. The van der Waals surface area contributed by atoms with Crippen molar-refractivity contribution in [2.45, 2.75) is 24.9 Å². The number of thioether (sulfide) groups is 1. The number of amides is 2. The zero-order chi connectivity index (χ0) is 21.5. The average Bonchev–Trinajstić information content (AvgIpc) is 3.08. The number of benzene rings is 2. The Kier molecular flexibility index (Phi) is 7.18. The number of nitrogens with one attached hydrogen (secondary N) is 2. The number of aromatic nitrogens is 3. The third kappa shape index (κ3) is 6.15. The van der Waals surface area contributed by atoms with Crippen molar-refractivity contribution in [2.24, 2.45) is 7.05 Å². The molecule has 3 rings (SSSR count). The van der Waals surface area contributed by atoms with Crippen LogP contribution in [0.5, 0.6) is 0 Å². The summed E-state index contributed by atoms with van der Waals surface area (Å²) >= 11 is 1.28. The van der Waals surface area contributed by atoms with Gasteiger partial charge in [0.1, 0.15) is 11.6 Å². The van der Waals surface area contributed by atoms with Crippen molar-refractivity contribution < 1.29 is 14.0 Å². The van der Waals surface area contributed by atoms with Gasteiger partial charge in [-0.05, 0) is 43.3 Å². The summed E-state index contributed by atoms with van der Waals surface area (Å²) in [4.78, 5) is 24.2. The van der Waals surface area contributed by atoms with Crippen LogP contribution in [0.25, 0.3) is 0 Å². The minimum atomic E-state index is -0.357. The zero-order valence-corrected chi connectivity index (χ0v) is 17.5. The fourth-order valence-electron chi connectivity index (χ4n) is 2.63. The van der Waals surface area contributed by atoms with E-state index in [1.165, 1.54) is 36.0 Å². The molecular formula is C21H22FN5O2S. The fraction of sp³-hybridized carbons (Fsp3) is 0.238. The highest BCUT2D eigenvalue weighted by Gasteiger charge is 2.13. The van der Waals surface area contributed by atoms with Gasteiger partial charge < -0.3 is 15.2 Å². The molecule has 2 N–H and O–H groups in total. The van der Waals surface area contributed by atoms with Gasteiger partial charge in [0, 0.05) is 31.3 Å². The van der Waals surface area contributed by atoms with Crippen LogP contribution in [0.3, 0.4) is 0 Å². The number of hydrogen-bond donors (Lipinski definition) is 2. The molecule has 1 heterocycles. The van der Waals surface area contributed by atoms with Gasteiger partial charge >= 0.3 is 0 Å². The molecule has 3 aromatic rings. The minimum Gasteiger partial charge on any atom is -0.326 e. The molecule has 30 heavy (non-hydrogen) atoms. The maximum Gasteiger partial charge on any atom is 0.234 e. The van der Waals surface area contributed by atoms with Crippen molar-refractivity contribution >= 4 is 35.0 Å². The minimum absolute atomic E-state index is 0.132. The first-order valence-corrected chi connectivity index (χ1v) is 10.3. The van der Waals surface area contributed by atoms with E-state index in [9.17, 15) is 14.0 Å². The Morgan fingerprint density at radius 2 is 1.57 bits per heavy atom. The molecule has 0 saturated heterocycles. The molecule has 0 radical (unpaired) electrons. The van der Waals surface area contributed by atoms with Crippen LogP contribution in [0.1, 0.15) is 17.8 Å². The third-order valence-corrected chi connectivity index (χ3v) is 5.32. The van der Waals surface area contributed by atoms with Crippen LogP contribution in [-0.2, 0) is 23.1 Å². The zero-order valence-electron chi connectivity index (χ0n) is 16.7. The van der Waals surface area contributed by atoms with Gasteiger partial charge in [-0.1, -0.05) is 29.5 Å². The quantitative estimate of drug-likeness (QED) is 0.537. The number of aryl methyl sites for hydroxylation is 2. The molecule has 0 unspecified atom stereocenters. The number of carbonyl (C=O) groups excluding carboxylic acids is 2. The van der Waals surface area contributed by atoms with E-state index in [1.807, 2.05) is 31.2 Å². The summed E-state index contributed by atoms with van der Waals surface area (Å²) in [6.45, 7) is 1.99. The molecule has 2 aromatic carbocycles. The molecule has 156 valence electrons. The molecule has 2 amide bonds. The first-order chi connectivity index (χ1) is 14.4. The first-order valence-electron chi connectivity index (χ1n) is 9.34. The number of rotatable bonds is 8. The lowest BCUT2D eigenvalue weighted by molar-refractivity contribution is -0.116. The van der Waals surface area contributed by atoms with Crippen LogP contribution in [-0.4, -0.2) is 32.3 Å². The standard InChI is InChI=1S/C21H22FN5O2S/c1-14-3-7-16(8-4-14)24-20(29)13-30-21-26-25-18(27(21)2)11-12-19(28)23-17-9-5-15(22)6-10-17/h3-10H,11-13H2,1-2H3,(H,23,28)(H,24,29). The van der Waals surface area contributed by atoms with Crippen molar-refractivity contribution in [2.75, 3.05) is 16.4 Å². The van der Waals surface area contributed by atoms with E-state index < -0.39 is 0 Å². The molecule has 0 aliphatic carbocycles. The highest BCUT2D eigenvalue weighted by molar-refractivity contribution is 7.99. The Bertz CT molecular complexity index is 938. The van der Waals surface area contributed by atoms with Gasteiger partial charge in [-0.15, -0.1) is 10.2 Å². The van der Waals surface area contributed by atoms with Crippen molar-refractivity contribution in [1.82, 2.24) is 14.8 Å². The first kappa shape index (κ1) is 21.5. The summed E-state index contributed by atoms with van der Waals surface area (Å²) in [5.41, 5.74) is 2.41. The molecular weight excluding hydrogens is 405 g/mol. The number of nitrogens with zero attached hydrogens (tertiary/aromatic N) is 3. The van der Waals surface area contributed by atoms with Crippen LogP contribution >= 0.6 is 11.8 Å². The SMILES string of the molecule is Cc1ccc(NC(=O)CSc2nnc(CCC(=O)Nc3ccc(F)cc3)n2C)cc1. The summed E-state index contributed by atoms with van der Waals surface area (Å²) in [7, 11) is 1.80. The van der Waals surface area contributed by atoms with Crippen LogP contribution in [0.15, 0.2) is 53.7 Å². The topological polar surface area (TPSA) is 88.9 Å². The predicted octanol–water partition coefficient (Wildman–Crippen LogP) is 3.56. The van der Waals surface area contributed by atoms with Gasteiger partial charge in [-0.25, -0.2) is 4.39 Å². The number of anilines is 2. The Morgan fingerprint density at radius 3 is 2.23 bits per heavy atom. The highest BCUT2D eigenvalue weighted by atomic mass is 32.2. The summed E-state index contributed by atoms with van der Waals surface area (Å²) in [6.07, 6.45) is 0.606. The van der Waals surface area contributed by atoms with E-state index in [0.29, 0.717) is 23.1 Å². The maximum absolute atomic E-state index is 12.9. The molecule has 0 aliphatic rings. The predicted molar refractivity (Wildman–Crippen MR) is 115 cm³/mol. The Morgan fingerprint density at radius 1 is 0.967 bits per heavy atom. The number of halogens is 1. The van der Waals surface area contributed by atoms with E-state index in [1.54, 1.807) is 11.6 Å². The van der Waals surface area contributed by atoms with Crippen molar-refractivity contribution in [3.8, 4) is 0 Å². The van der Waals surface area contributed by atoms with Crippen molar-refractivity contribution in [3.05, 3.63) is 65.7 Å². The van der Waals surface area contributed by atoms with E-state index in [2.05, 4.69) is 20.8 Å². The van der Waals surface area contributed by atoms with Crippen molar-refractivity contribution in [3.63, 3.8) is 0 Å². The lowest BCUT2D eigenvalue weighted by Gasteiger charge is -2.07. The van der Waals surface area contributed by atoms with E-state index in [0.717, 1.165) is 11.3 Å². The van der Waals surface area contributed by atoms with Crippen LogP contribution in [0.2, 0.25) is 0 Å². The molecule has 0 spiro atoms. The third-order valence-electron chi connectivity index (χ3n) is 4.30. The number of carbonyl (C=O) groups is 2. The molecule has 0 bridgehead atoms. The van der Waals surface area contributed by atoms with Gasteiger partial charge in [0.05, 0.1) is 5.75 Å². The smallest absolute Gasteiger partial charge is 0.234 e. The molecule has 9 heteroatoms. The van der Waals surface area contributed by atoms with Crippen molar-refractivity contribution in [1.29, 1.82) is 0 Å². The summed E-state index contributed by atoms with van der Waals surface area (Å²) in [5.74, 6) is 0.156. The van der Waals surface area contributed by atoms with Gasteiger partial charge in [0.25, 0.3) is 0 Å². The van der Waals surface area contributed by atoms with Gasteiger partial charge in [0.15, 0.2) is 5.16 Å². The second-order valence-corrected chi connectivity index (χ2v) is 7.66. The lowest BCUT2D eigenvalue weighted by Crippen LogP contribution is -2.15. The normalized spacial score (nSPS) is 10.6. The summed E-state index contributed by atoms with van der Waals surface area (Å²) in [5, 5.41) is 14.4.